The van der Waals surface area contributed by atoms with E-state index < -0.39 is 0 Å². The Morgan fingerprint density at radius 1 is 1.19 bits per heavy atom. The molecule has 1 atom stereocenters. The zero-order valence-corrected chi connectivity index (χ0v) is 14.6. The van der Waals surface area contributed by atoms with Crippen LogP contribution in [-0.2, 0) is 0 Å². The van der Waals surface area contributed by atoms with Crippen molar-refractivity contribution in [3.63, 3.8) is 0 Å². The highest BCUT2D eigenvalue weighted by atomic mass is 16.5. The smallest absolute Gasteiger partial charge is 0.124 e. The van der Waals surface area contributed by atoms with E-state index in [0.29, 0.717) is 18.1 Å². The number of ether oxygens (including phenoxy) is 1. The lowest BCUT2D eigenvalue weighted by Crippen LogP contribution is -2.37. The van der Waals surface area contributed by atoms with Crippen molar-refractivity contribution in [3.05, 3.63) is 29.8 Å². The van der Waals surface area contributed by atoms with Crippen LogP contribution in [0.2, 0.25) is 0 Å². The Morgan fingerprint density at radius 2 is 1.86 bits per heavy atom. The summed E-state index contributed by atoms with van der Waals surface area (Å²) < 4.78 is 5.79. The highest BCUT2D eigenvalue weighted by Gasteiger charge is 2.20. The van der Waals surface area contributed by atoms with Gasteiger partial charge in [-0.25, -0.2) is 0 Å². The van der Waals surface area contributed by atoms with Gasteiger partial charge in [-0.3, -0.25) is 0 Å². The molecular formula is C18H32N2O. The van der Waals surface area contributed by atoms with Crippen LogP contribution < -0.4 is 10.1 Å². The molecule has 0 amide bonds. The minimum Gasteiger partial charge on any atom is -0.494 e. The van der Waals surface area contributed by atoms with E-state index in [4.69, 9.17) is 4.74 Å². The first-order chi connectivity index (χ1) is 9.87. The van der Waals surface area contributed by atoms with E-state index in [2.05, 4.69) is 63.2 Å². The molecule has 0 aliphatic heterocycles. The van der Waals surface area contributed by atoms with E-state index in [0.717, 1.165) is 25.4 Å². The molecule has 21 heavy (non-hydrogen) atoms. The number of rotatable bonds is 8. The Kier molecular flexibility index (Phi) is 7.20. The average molecular weight is 292 g/mol. The number of nitrogens with one attached hydrogen (secondary N) is 1. The first-order valence-electron chi connectivity index (χ1n) is 8.01. The first-order valence-corrected chi connectivity index (χ1v) is 8.01. The molecule has 0 aliphatic carbocycles. The lowest BCUT2D eigenvalue weighted by molar-refractivity contribution is 0.207. The molecule has 0 bridgehead atoms. The zero-order valence-electron chi connectivity index (χ0n) is 14.6. The van der Waals surface area contributed by atoms with Gasteiger partial charge in [0.2, 0.25) is 0 Å². The molecule has 0 heterocycles. The molecule has 1 rings (SSSR count). The summed E-state index contributed by atoms with van der Waals surface area (Å²) in [4.78, 5) is 2.40. The number of nitrogens with zero attached hydrogens (tertiary/aromatic N) is 1. The molecule has 0 saturated heterocycles. The first kappa shape index (κ1) is 18.0. The standard InChI is InChI=1S/C18H32N2O/c1-7-19-16(13-20(6)14-18(3,4)5)15-11-9-10-12-17(15)21-8-2/h9-12,16,19H,7-8,13-14H2,1-6H3. The van der Waals surface area contributed by atoms with Gasteiger partial charge in [0.25, 0.3) is 0 Å². The van der Waals surface area contributed by atoms with E-state index in [9.17, 15) is 0 Å². The van der Waals surface area contributed by atoms with Crippen molar-refractivity contribution in [1.82, 2.24) is 10.2 Å². The fourth-order valence-corrected chi connectivity index (χ4v) is 2.76. The second kappa shape index (κ2) is 8.40. The SMILES string of the molecule is CCNC(CN(C)CC(C)(C)C)c1ccccc1OCC. The van der Waals surface area contributed by atoms with Gasteiger partial charge in [-0.2, -0.15) is 0 Å². The molecule has 3 heteroatoms. The van der Waals surface area contributed by atoms with E-state index in [-0.39, 0.29) is 0 Å². The van der Waals surface area contributed by atoms with Crippen molar-refractivity contribution in [2.24, 2.45) is 5.41 Å². The summed E-state index contributed by atoms with van der Waals surface area (Å²) in [5, 5.41) is 3.59. The number of hydrogen-bond acceptors (Lipinski definition) is 3. The minimum atomic E-state index is 0.296. The summed E-state index contributed by atoms with van der Waals surface area (Å²) in [6.07, 6.45) is 0. The summed E-state index contributed by atoms with van der Waals surface area (Å²) in [5.41, 5.74) is 1.56. The highest BCUT2D eigenvalue weighted by molar-refractivity contribution is 5.36. The average Bonchev–Trinajstić information content (AvgIpc) is 2.37. The number of likely N-dealkylation sites (N-methyl/N-ethyl adjacent to an activating group) is 2. The molecule has 0 saturated carbocycles. The quantitative estimate of drug-likeness (QED) is 0.790. The van der Waals surface area contributed by atoms with E-state index in [1.807, 2.05) is 13.0 Å². The Labute approximate surface area is 130 Å². The van der Waals surface area contributed by atoms with E-state index >= 15 is 0 Å². The third-order valence-electron chi connectivity index (χ3n) is 3.28. The Morgan fingerprint density at radius 3 is 2.43 bits per heavy atom. The molecular weight excluding hydrogens is 260 g/mol. The predicted octanol–water partition coefficient (Wildman–Crippen LogP) is 3.71. The van der Waals surface area contributed by atoms with Gasteiger partial charge in [-0.15, -0.1) is 0 Å². The van der Waals surface area contributed by atoms with Gasteiger partial charge in [0.1, 0.15) is 5.75 Å². The van der Waals surface area contributed by atoms with Crippen LogP contribution in [0.5, 0.6) is 5.75 Å². The maximum atomic E-state index is 5.79. The van der Waals surface area contributed by atoms with Crippen LogP contribution in [0.1, 0.15) is 46.2 Å². The van der Waals surface area contributed by atoms with Gasteiger partial charge in [-0.05, 0) is 32.0 Å². The monoisotopic (exact) mass is 292 g/mol. The second-order valence-electron chi connectivity index (χ2n) is 6.84. The molecule has 0 radical (unpaired) electrons. The van der Waals surface area contributed by atoms with Gasteiger partial charge >= 0.3 is 0 Å². The summed E-state index contributed by atoms with van der Waals surface area (Å²) in [6, 6.07) is 8.66. The van der Waals surface area contributed by atoms with E-state index in [1.54, 1.807) is 0 Å². The van der Waals surface area contributed by atoms with Crippen LogP contribution in [0.3, 0.4) is 0 Å². The summed E-state index contributed by atoms with van der Waals surface area (Å²) >= 11 is 0. The second-order valence-corrected chi connectivity index (χ2v) is 6.84. The molecule has 0 aromatic heterocycles. The molecule has 1 aromatic carbocycles. The molecule has 0 fully saturated rings. The predicted molar refractivity (Wildman–Crippen MR) is 91.0 cm³/mol. The number of hydrogen-bond donors (Lipinski definition) is 1. The molecule has 120 valence electrons. The molecule has 0 spiro atoms. The fraction of sp³-hybridized carbons (Fsp3) is 0.667. The zero-order chi connectivity index (χ0) is 15.9. The van der Waals surface area contributed by atoms with Crippen molar-refractivity contribution in [2.75, 3.05) is 33.3 Å². The van der Waals surface area contributed by atoms with Crippen molar-refractivity contribution in [2.45, 2.75) is 40.7 Å². The maximum Gasteiger partial charge on any atom is 0.124 e. The summed E-state index contributed by atoms with van der Waals surface area (Å²) in [5.74, 6) is 0.995. The van der Waals surface area contributed by atoms with Crippen molar-refractivity contribution < 1.29 is 4.74 Å². The minimum absolute atomic E-state index is 0.296. The topological polar surface area (TPSA) is 24.5 Å². The third-order valence-corrected chi connectivity index (χ3v) is 3.28. The molecule has 1 unspecified atom stereocenters. The van der Waals surface area contributed by atoms with Gasteiger partial charge in [0, 0.05) is 24.7 Å². The van der Waals surface area contributed by atoms with Crippen molar-refractivity contribution >= 4 is 0 Å². The fourth-order valence-electron chi connectivity index (χ4n) is 2.76. The van der Waals surface area contributed by atoms with Crippen LogP contribution >= 0.6 is 0 Å². The molecule has 0 aliphatic rings. The largest absolute Gasteiger partial charge is 0.494 e. The van der Waals surface area contributed by atoms with Gasteiger partial charge < -0.3 is 15.0 Å². The summed E-state index contributed by atoms with van der Waals surface area (Å²) in [6.45, 7) is 14.7. The number of benzene rings is 1. The molecule has 1 N–H and O–H groups in total. The number of para-hydroxylation sites is 1. The van der Waals surface area contributed by atoms with Crippen LogP contribution in [-0.4, -0.2) is 38.2 Å². The lowest BCUT2D eigenvalue weighted by atomic mass is 9.95. The third kappa shape index (κ3) is 6.49. The van der Waals surface area contributed by atoms with Crippen LogP contribution in [0.15, 0.2) is 24.3 Å². The highest BCUT2D eigenvalue weighted by Crippen LogP contribution is 2.26. The Hall–Kier alpha value is -1.06. The lowest BCUT2D eigenvalue weighted by Gasteiger charge is -2.31. The summed E-state index contributed by atoms with van der Waals surface area (Å²) in [7, 11) is 2.19. The van der Waals surface area contributed by atoms with Crippen LogP contribution in [0.25, 0.3) is 0 Å². The molecule has 3 nitrogen and oxygen atoms in total. The van der Waals surface area contributed by atoms with Crippen LogP contribution in [0.4, 0.5) is 0 Å². The van der Waals surface area contributed by atoms with Crippen molar-refractivity contribution in [3.8, 4) is 5.75 Å². The molecule has 1 aromatic rings. The van der Waals surface area contributed by atoms with Crippen molar-refractivity contribution in [1.29, 1.82) is 0 Å². The van der Waals surface area contributed by atoms with Crippen LogP contribution in [0, 0.1) is 5.41 Å². The maximum absolute atomic E-state index is 5.79. The van der Waals surface area contributed by atoms with Gasteiger partial charge in [0.15, 0.2) is 0 Å². The normalized spacial score (nSPS) is 13.5. The van der Waals surface area contributed by atoms with Gasteiger partial charge in [-0.1, -0.05) is 45.9 Å². The Balaban J connectivity index is 2.86. The van der Waals surface area contributed by atoms with Gasteiger partial charge in [0.05, 0.1) is 6.61 Å². The Bertz CT molecular complexity index is 412. The van der Waals surface area contributed by atoms with E-state index in [1.165, 1.54) is 5.56 Å².